The molecule has 0 radical (unpaired) electrons. The third-order valence-electron chi connectivity index (χ3n) is 3.81. The summed E-state index contributed by atoms with van der Waals surface area (Å²) >= 11 is 0. The second-order valence-electron chi connectivity index (χ2n) is 4.50. The second kappa shape index (κ2) is 5.86. The van der Waals surface area contributed by atoms with Crippen molar-refractivity contribution in [2.24, 2.45) is 0 Å². The minimum atomic E-state index is -2.11. The quantitative estimate of drug-likeness (QED) is 0.334. The summed E-state index contributed by atoms with van der Waals surface area (Å²) in [5.41, 5.74) is -0.734. The van der Waals surface area contributed by atoms with E-state index < -0.39 is 34.6 Å². The highest BCUT2D eigenvalue weighted by atomic mass is 19.2. The molecule has 0 bridgehead atoms. The van der Waals surface area contributed by atoms with E-state index in [9.17, 15) is 22.0 Å². The summed E-state index contributed by atoms with van der Waals surface area (Å²) in [7, 11) is 0. The van der Waals surface area contributed by atoms with Crippen LogP contribution in [0.5, 0.6) is 0 Å². The zero-order valence-corrected chi connectivity index (χ0v) is 11.2. The summed E-state index contributed by atoms with van der Waals surface area (Å²) in [5.74, 6) is -9.32. The average molecular weight is 282 g/mol. The van der Waals surface area contributed by atoms with E-state index in [0.717, 1.165) is 0 Å². The normalized spacial score (nSPS) is 12.0. The van der Waals surface area contributed by atoms with Crippen LogP contribution in [0.3, 0.4) is 0 Å². The zero-order chi connectivity index (χ0) is 14.8. The molecule has 1 aromatic rings. The van der Waals surface area contributed by atoms with E-state index >= 15 is 0 Å². The first-order valence-electron chi connectivity index (χ1n) is 6.18. The molecule has 0 aliphatic carbocycles. The Morgan fingerprint density at radius 1 is 0.632 bits per heavy atom. The third-order valence-corrected chi connectivity index (χ3v) is 3.81. The molecule has 0 aliphatic heterocycles. The van der Waals surface area contributed by atoms with Gasteiger partial charge in [0.25, 0.3) is 0 Å². The van der Waals surface area contributed by atoms with Gasteiger partial charge < -0.3 is 4.48 Å². The lowest BCUT2D eigenvalue weighted by atomic mass is 10.1. The highest BCUT2D eigenvalue weighted by Gasteiger charge is 2.31. The Labute approximate surface area is 109 Å². The minimum Gasteiger partial charge on any atom is -0.320 e. The second-order valence-corrected chi connectivity index (χ2v) is 4.50. The molecule has 1 rings (SSSR count). The molecule has 0 fully saturated rings. The molecule has 0 unspecified atom stereocenters. The predicted molar refractivity (Wildman–Crippen MR) is 61.8 cm³/mol. The first-order chi connectivity index (χ1) is 8.83. The number of rotatable bonds is 5. The lowest BCUT2D eigenvalue weighted by molar-refractivity contribution is -0.936. The van der Waals surface area contributed by atoms with Gasteiger partial charge in [-0.1, -0.05) is 0 Å². The van der Waals surface area contributed by atoms with Crippen molar-refractivity contribution in [3.05, 3.63) is 34.6 Å². The molecule has 1 aromatic carbocycles. The van der Waals surface area contributed by atoms with E-state index in [0.29, 0.717) is 19.6 Å². The maximum atomic E-state index is 13.6. The van der Waals surface area contributed by atoms with Crippen LogP contribution in [0, 0.1) is 29.1 Å². The summed E-state index contributed by atoms with van der Waals surface area (Å²) in [6.45, 7) is 6.89. The monoisotopic (exact) mass is 282 g/mol. The molecule has 0 N–H and O–H groups in total. The Morgan fingerprint density at radius 2 is 0.947 bits per heavy atom. The molecule has 0 amide bonds. The minimum absolute atomic E-state index is 0.213. The Balaban J connectivity index is 3.36. The molecule has 108 valence electrons. The van der Waals surface area contributed by atoms with Crippen LogP contribution in [0.2, 0.25) is 0 Å². The Morgan fingerprint density at radius 3 is 1.26 bits per heavy atom. The van der Waals surface area contributed by atoms with E-state index in [1.165, 1.54) is 0 Å². The topological polar surface area (TPSA) is 0 Å². The predicted octanol–water partition coefficient (Wildman–Crippen LogP) is 3.76. The van der Waals surface area contributed by atoms with Gasteiger partial charge >= 0.3 is 0 Å². The van der Waals surface area contributed by atoms with Crippen molar-refractivity contribution in [2.45, 2.75) is 27.3 Å². The van der Waals surface area contributed by atoms with Gasteiger partial charge in [0, 0.05) is 0 Å². The molecule has 0 aliphatic rings. The third kappa shape index (κ3) is 2.73. The van der Waals surface area contributed by atoms with E-state index in [2.05, 4.69) is 0 Å². The van der Waals surface area contributed by atoms with Crippen LogP contribution in [0.1, 0.15) is 26.3 Å². The van der Waals surface area contributed by atoms with Crippen LogP contribution in [-0.4, -0.2) is 24.1 Å². The summed E-state index contributed by atoms with van der Waals surface area (Å²) < 4.78 is 66.7. The standard InChI is InChI=1S/C13H17F5N/c1-4-19(5-2,6-3)7-8-9(14)11(16)13(18)12(17)10(8)15/h4-7H2,1-3H3/q+1. The largest absolute Gasteiger partial charge is 0.320 e. The highest BCUT2D eigenvalue weighted by molar-refractivity contribution is 5.23. The fourth-order valence-electron chi connectivity index (χ4n) is 2.13. The lowest BCUT2D eigenvalue weighted by Crippen LogP contribution is -2.47. The molecular weight excluding hydrogens is 265 g/mol. The van der Waals surface area contributed by atoms with E-state index in [1.807, 2.05) is 20.8 Å². The van der Waals surface area contributed by atoms with Crippen molar-refractivity contribution in [3.63, 3.8) is 0 Å². The van der Waals surface area contributed by atoms with Gasteiger partial charge in [-0.15, -0.1) is 0 Å². The van der Waals surface area contributed by atoms with Gasteiger partial charge in [0.15, 0.2) is 23.3 Å². The number of hydrogen-bond acceptors (Lipinski definition) is 0. The van der Waals surface area contributed by atoms with Crippen molar-refractivity contribution >= 4 is 0 Å². The van der Waals surface area contributed by atoms with Crippen molar-refractivity contribution < 1.29 is 26.4 Å². The summed E-state index contributed by atoms with van der Waals surface area (Å²) in [5, 5.41) is 0. The van der Waals surface area contributed by atoms with E-state index in [1.54, 1.807) is 0 Å². The number of benzene rings is 1. The van der Waals surface area contributed by atoms with Crippen molar-refractivity contribution in [3.8, 4) is 0 Å². The molecule has 0 atom stereocenters. The number of hydrogen-bond donors (Lipinski definition) is 0. The van der Waals surface area contributed by atoms with Crippen LogP contribution in [0.15, 0.2) is 0 Å². The Kier molecular flexibility index (Phi) is 4.90. The smallest absolute Gasteiger partial charge is 0.200 e. The number of nitrogens with zero attached hydrogens (tertiary/aromatic N) is 1. The van der Waals surface area contributed by atoms with Crippen molar-refractivity contribution in [1.29, 1.82) is 0 Å². The summed E-state index contributed by atoms with van der Waals surface area (Å²) in [6.07, 6.45) is 0. The van der Waals surface area contributed by atoms with Crippen LogP contribution in [0.25, 0.3) is 0 Å². The molecular formula is C13H17F5N+. The SMILES string of the molecule is CC[N+](CC)(CC)Cc1c(F)c(F)c(F)c(F)c1F. The summed E-state index contributed by atoms with van der Waals surface area (Å²) in [4.78, 5) is 0. The van der Waals surface area contributed by atoms with Crippen LogP contribution in [-0.2, 0) is 6.54 Å². The lowest BCUT2D eigenvalue weighted by Gasteiger charge is -2.36. The van der Waals surface area contributed by atoms with Gasteiger partial charge in [-0.25, -0.2) is 22.0 Å². The maximum Gasteiger partial charge on any atom is 0.200 e. The first-order valence-corrected chi connectivity index (χ1v) is 6.18. The molecule has 0 saturated heterocycles. The maximum absolute atomic E-state index is 13.6. The Hall–Kier alpha value is -1.17. The van der Waals surface area contributed by atoms with E-state index in [4.69, 9.17) is 0 Å². The zero-order valence-electron chi connectivity index (χ0n) is 11.2. The van der Waals surface area contributed by atoms with Crippen LogP contribution < -0.4 is 0 Å². The number of halogens is 5. The fraction of sp³-hybridized carbons (Fsp3) is 0.538. The molecule has 19 heavy (non-hydrogen) atoms. The van der Waals surface area contributed by atoms with Gasteiger partial charge in [0.1, 0.15) is 6.54 Å². The van der Waals surface area contributed by atoms with Gasteiger partial charge in [-0.05, 0) is 20.8 Å². The first kappa shape index (κ1) is 15.9. The van der Waals surface area contributed by atoms with Crippen molar-refractivity contribution in [1.82, 2.24) is 0 Å². The molecule has 0 heterocycles. The molecule has 0 spiro atoms. The molecule has 6 heteroatoms. The summed E-state index contributed by atoms with van der Waals surface area (Å²) in [6, 6.07) is 0. The Bertz CT molecular complexity index is 431. The van der Waals surface area contributed by atoms with Crippen molar-refractivity contribution in [2.75, 3.05) is 19.6 Å². The van der Waals surface area contributed by atoms with Crippen LogP contribution in [0.4, 0.5) is 22.0 Å². The van der Waals surface area contributed by atoms with Gasteiger partial charge in [0.05, 0.1) is 25.2 Å². The molecule has 1 nitrogen and oxygen atoms in total. The molecule has 0 saturated carbocycles. The van der Waals surface area contributed by atoms with Gasteiger partial charge in [-0.2, -0.15) is 0 Å². The highest BCUT2D eigenvalue weighted by Crippen LogP contribution is 2.26. The molecule has 0 aromatic heterocycles. The fourth-order valence-corrected chi connectivity index (χ4v) is 2.13. The average Bonchev–Trinajstić information content (AvgIpc) is 2.44. The number of quaternary nitrogens is 1. The van der Waals surface area contributed by atoms with Gasteiger partial charge in [0.2, 0.25) is 5.82 Å². The van der Waals surface area contributed by atoms with E-state index in [-0.39, 0.29) is 11.0 Å². The van der Waals surface area contributed by atoms with Crippen LogP contribution >= 0.6 is 0 Å². The van der Waals surface area contributed by atoms with Gasteiger partial charge in [-0.3, -0.25) is 0 Å².